The van der Waals surface area contributed by atoms with Crippen molar-refractivity contribution >= 4 is 28.5 Å². The van der Waals surface area contributed by atoms with E-state index in [2.05, 4.69) is 25.6 Å². The van der Waals surface area contributed by atoms with Gasteiger partial charge in [0.15, 0.2) is 5.65 Å². The third kappa shape index (κ3) is 4.55. The first-order chi connectivity index (χ1) is 15.0. The van der Waals surface area contributed by atoms with Gasteiger partial charge in [0.05, 0.1) is 10.4 Å². The van der Waals surface area contributed by atoms with Crippen molar-refractivity contribution < 1.29 is 4.79 Å². The highest BCUT2D eigenvalue weighted by Gasteiger charge is 2.22. The first-order valence-corrected chi connectivity index (χ1v) is 10.2. The van der Waals surface area contributed by atoms with Crippen LogP contribution in [0.1, 0.15) is 0 Å². The Morgan fingerprint density at radius 1 is 1.06 bits per heavy atom. The average Bonchev–Trinajstić information content (AvgIpc) is 3.14. The number of carbonyl (C=O) groups is 1. The maximum Gasteiger partial charge on any atom is 0.241 e. The fourth-order valence-electron chi connectivity index (χ4n) is 3.22. The normalized spacial score (nSPS) is 11.2. The quantitative estimate of drug-likeness (QED) is 0.480. The second kappa shape index (κ2) is 9.20. The number of carbonyl (C=O) groups excluding carboxylic acids is 1. The highest BCUT2D eigenvalue weighted by molar-refractivity contribution is 6.38. The Balaban J connectivity index is 1.78. The molecule has 4 rings (SSSR count). The van der Waals surface area contributed by atoms with Crippen molar-refractivity contribution in [2.75, 3.05) is 27.2 Å². The summed E-state index contributed by atoms with van der Waals surface area (Å²) in [7, 11) is 3.91. The Bertz CT molecular complexity index is 1190. The van der Waals surface area contributed by atoms with Crippen molar-refractivity contribution in [1.82, 2.24) is 35.2 Å². The predicted octanol–water partition coefficient (Wildman–Crippen LogP) is 2.89. The first kappa shape index (κ1) is 20.9. The van der Waals surface area contributed by atoms with Crippen molar-refractivity contribution in [2.24, 2.45) is 0 Å². The number of aromatic nitrogens is 5. The number of hydrogen-bond acceptors (Lipinski definition) is 6. The molecule has 0 atom stereocenters. The van der Waals surface area contributed by atoms with Gasteiger partial charge in [-0.1, -0.05) is 41.9 Å². The van der Waals surface area contributed by atoms with E-state index in [4.69, 9.17) is 11.6 Å². The van der Waals surface area contributed by atoms with Crippen molar-refractivity contribution in [2.45, 2.75) is 6.54 Å². The third-order valence-electron chi connectivity index (χ3n) is 4.75. The lowest BCUT2D eigenvalue weighted by Crippen LogP contribution is -2.33. The van der Waals surface area contributed by atoms with Crippen molar-refractivity contribution in [3.63, 3.8) is 0 Å². The number of hydrogen-bond donors (Lipinski definition) is 1. The summed E-state index contributed by atoms with van der Waals surface area (Å²) < 4.78 is 1.54. The molecule has 0 saturated heterocycles. The maximum absolute atomic E-state index is 12.5. The van der Waals surface area contributed by atoms with Gasteiger partial charge < -0.3 is 10.2 Å². The van der Waals surface area contributed by atoms with Crippen LogP contribution in [-0.4, -0.2) is 63.0 Å². The molecule has 8 nitrogen and oxygen atoms in total. The Hall–Kier alpha value is -3.36. The average molecular weight is 436 g/mol. The molecule has 1 N–H and O–H groups in total. The number of benzene rings is 1. The van der Waals surface area contributed by atoms with Gasteiger partial charge in [0.2, 0.25) is 5.91 Å². The van der Waals surface area contributed by atoms with Gasteiger partial charge >= 0.3 is 0 Å². The van der Waals surface area contributed by atoms with E-state index in [9.17, 15) is 4.79 Å². The Kier molecular flexibility index (Phi) is 6.20. The smallest absolute Gasteiger partial charge is 0.241 e. The van der Waals surface area contributed by atoms with Crippen LogP contribution in [-0.2, 0) is 11.3 Å². The minimum Gasteiger partial charge on any atom is -0.353 e. The number of rotatable bonds is 7. The molecule has 0 radical (unpaired) electrons. The lowest BCUT2D eigenvalue weighted by molar-refractivity contribution is -0.121. The Morgan fingerprint density at radius 2 is 1.84 bits per heavy atom. The van der Waals surface area contributed by atoms with Gasteiger partial charge in [-0.25, -0.2) is 4.68 Å². The summed E-state index contributed by atoms with van der Waals surface area (Å²) in [6.07, 6.45) is 3.40. The lowest BCUT2D eigenvalue weighted by atomic mass is 10.1. The van der Waals surface area contributed by atoms with Gasteiger partial charge in [0.1, 0.15) is 17.9 Å². The molecular weight excluding hydrogens is 414 g/mol. The fraction of sp³-hybridized carbons (Fsp3) is 0.227. The number of pyridine rings is 1. The zero-order chi connectivity index (χ0) is 21.8. The Morgan fingerprint density at radius 3 is 2.55 bits per heavy atom. The highest BCUT2D eigenvalue weighted by atomic mass is 35.5. The molecule has 0 aliphatic rings. The summed E-state index contributed by atoms with van der Waals surface area (Å²) in [6.45, 7) is 1.31. The van der Waals surface area contributed by atoms with E-state index in [0.717, 1.165) is 17.7 Å². The molecule has 1 aromatic carbocycles. The van der Waals surface area contributed by atoms with Gasteiger partial charge in [0.25, 0.3) is 0 Å². The molecule has 3 heterocycles. The van der Waals surface area contributed by atoms with Crippen LogP contribution >= 0.6 is 11.6 Å². The van der Waals surface area contributed by atoms with Crippen molar-refractivity contribution in [1.29, 1.82) is 0 Å². The van der Waals surface area contributed by atoms with Gasteiger partial charge in [-0.3, -0.25) is 9.78 Å². The molecule has 0 bridgehead atoms. The number of likely N-dealkylation sites (N-methyl/N-ethyl adjacent to an activating group) is 1. The molecular formula is C22H22ClN7O. The van der Waals surface area contributed by atoms with E-state index in [-0.39, 0.29) is 12.5 Å². The second-order valence-corrected chi connectivity index (χ2v) is 7.71. The van der Waals surface area contributed by atoms with Crippen molar-refractivity contribution in [3.8, 4) is 22.5 Å². The SMILES string of the molecule is CN(C)CCNC(=O)Cn1nc(-c2cccnc2)c2c(Cl)c(-c3ccccc3)nnc21. The molecule has 4 aromatic rings. The molecule has 9 heteroatoms. The van der Waals surface area contributed by atoms with Gasteiger partial charge in [-0.05, 0) is 26.2 Å². The summed E-state index contributed by atoms with van der Waals surface area (Å²) >= 11 is 6.82. The lowest BCUT2D eigenvalue weighted by Gasteiger charge is -2.10. The maximum atomic E-state index is 12.5. The molecule has 158 valence electrons. The van der Waals surface area contributed by atoms with Crippen LogP contribution in [0.25, 0.3) is 33.5 Å². The summed E-state index contributed by atoms with van der Waals surface area (Å²) in [5.74, 6) is -0.158. The zero-order valence-electron chi connectivity index (χ0n) is 17.3. The summed E-state index contributed by atoms with van der Waals surface area (Å²) in [5, 5.41) is 17.4. The molecule has 0 aliphatic heterocycles. The van der Waals surface area contributed by atoms with Crippen LogP contribution in [0.3, 0.4) is 0 Å². The van der Waals surface area contributed by atoms with Crippen LogP contribution in [0.4, 0.5) is 0 Å². The van der Waals surface area contributed by atoms with Crippen LogP contribution in [0, 0.1) is 0 Å². The van der Waals surface area contributed by atoms with Gasteiger partial charge in [-0.2, -0.15) is 5.10 Å². The van der Waals surface area contributed by atoms with Crippen LogP contribution in [0.2, 0.25) is 5.02 Å². The van der Waals surface area contributed by atoms with Crippen LogP contribution in [0.5, 0.6) is 0 Å². The monoisotopic (exact) mass is 435 g/mol. The number of amides is 1. The molecule has 0 fully saturated rings. The molecule has 31 heavy (non-hydrogen) atoms. The molecule has 0 spiro atoms. The minimum atomic E-state index is -0.158. The van der Waals surface area contributed by atoms with Gasteiger partial charge in [0, 0.05) is 36.6 Å². The minimum absolute atomic E-state index is 0.0138. The topological polar surface area (TPSA) is 88.8 Å². The van der Waals surface area contributed by atoms with E-state index in [1.54, 1.807) is 12.4 Å². The van der Waals surface area contributed by atoms with E-state index in [1.807, 2.05) is 61.5 Å². The predicted molar refractivity (Wildman–Crippen MR) is 121 cm³/mol. The summed E-state index contributed by atoms with van der Waals surface area (Å²) in [4.78, 5) is 18.7. The molecule has 0 unspecified atom stereocenters. The first-order valence-electron chi connectivity index (χ1n) is 9.84. The van der Waals surface area contributed by atoms with E-state index in [0.29, 0.717) is 34.0 Å². The third-order valence-corrected chi connectivity index (χ3v) is 5.12. The number of fused-ring (bicyclic) bond motifs is 1. The second-order valence-electron chi connectivity index (χ2n) is 7.33. The molecule has 3 aromatic heterocycles. The standard InChI is InChI=1S/C22H22ClN7O/c1-29(2)12-11-25-17(31)14-30-22-18(20(28-30)16-9-6-10-24-13-16)19(23)21(26-27-22)15-7-4-3-5-8-15/h3-10,13H,11-12,14H2,1-2H3,(H,25,31). The number of nitrogens with zero attached hydrogens (tertiary/aromatic N) is 6. The highest BCUT2D eigenvalue weighted by Crippen LogP contribution is 2.36. The number of nitrogens with one attached hydrogen (secondary N) is 1. The van der Waals surface area contributed by atoms with Crippen LogP contribution in [0.15, 0.2) is 54.9 Å². The molecule has 0 aliphatic carbocycles. The van der Waals surface area contributed by atoms with E-state index in [1.165, 1.54) is 4.68 Å². The summed E-state index contributed by atoms with van der Waals surface area (Å²) in [5.41, 5.74) is 3.27. The van der Waals surface area contributed by atoms with E-state index < -0.39 is 0 Å². The van der Waals surface area contributed by atoms with E-state index >= 15 is 0 Å². The van der Waals surface area contributed by atoms with Crippen LogP contribution < -0.4 is 5.32 Å². The van der Waals surface area contributed by atoms with Gasteiger partial charge in [-0.15, -0.1) is 10.2 Å². The fourth-order valence-corrected chi connectivity index (χ4v) is 3.54. The molecule has 0 saturated carbocycles. The van der Waals surface area contributed by atoms with Crippen molar-refractivity contribution in [3.05, 3.63) is 59.9 Å². The number of halogens is 1. The largest absolute Gasteiger partial charge is 0.353 e. The Labute approximate surface area is 184 Å². The summed E-state index contributed by atoms with van der Waals surface area (Å²) in [6, 6.07) is 13.3. The zero-order valence-corrected chi connectivity index (χ0v) is 18.0. The molecule has 1 amide bonds.